The number of benzene rings is 2. The highest BCUT2D eigenvalue weighted by Gasteiger charge is 2.47. The summed E-state index contributed by atoms with van der Waals surface area (Å²) in [5.41, 5.74) is 5.01. The highest BCUT2D eigenvalue weighted by atomic mass is 32.2. The summed E-state index contributed by atoms with van der Waals surface area (Å²) >= 11 is 0. The van der Waals surface area contributed by atoms with E-state index in [1.807, 2.05) is 61.7 Å². The van der Waals surface area contributed by atoms with Crippen molar-refractivity contribution in [3.8, 4) is 0 Å². The zero-order valence-electron chi connectivity index (χ0n) is 21.5. The van der Waals surface area contributed by atoms with E-state index in [0.717, 1.165) is 41.9 Å². The third-order valence-electron chi connectivity index (χ3n) is 6.72. The van der Waals surface area contributed by atoms with Crippen LogP contribution in [0.25, 0.3) is 0 Å². The van der Waals surface area contributed by atoms with Crippen LogP contribution in [0.15, 0.2) is 73.0 Å². The van der Waals surface area contributed by atoms with Gasteiger partial charge in [0.1, 0.15) is 6.54 Å². The minimum absolute atomic E-state index is 0.165. The number of nitrogens with one attached hydrogen (secondary N) is 1. The molecule has 0 radical (unpaired) electrons. The first kappa shape index (κ1) is 28.3. The molecule has 1 atom stereocenters. The minimum atomic E-state index is -4.30. The fourth-order valence-corrected chi connectivity index (χ4v) is 5.36. The number of hydrogen-bond donors (Lipinski definition) is 2. The Bertz CT molecular complexity index is 1280. The Hall–Kier alpha value is -3.23. The first-order valence-electron chi connectivity index (χ1n) is 12.7. The maximum absolute atomic E-state index is 11.3. The molecule has 0 fully saturated rings. The Morgan fingerprint density at radius 1 is 1.08 bits per heavy atom. The summed E-state index contributed by atoms with van der Waals surface area (Å²) in [4.78, 5) is 10.9. The Kier molecular flexibility index (Phi) is 9.83. The van der Waals surface area contributed by atoms with E-state index in [1.165, 1.54) is 5.56 Å². The van der Waals surface area contributed by atoms with E-state index in [9.17, 15) is 17.8 Å². The predicted octanol–water partition coefficient (Wildman–Crippen LogP) is 5.50. The van der Waals surface area contributed by atoms with Gasteiger partial charge in [-0.15, -0.1) is 0 Å². The normalized spacial score (nSPS) is 17.6. The summed E-state index contributed by atoms with van der Waals surface area (Å²) in [5, 5.41) is 12.2. The van der Waals surface area contributed by atoms with Gasteiger partial charge in [-0.25, -0.2) is 8.42 Å². The molecule has 1 aliphatic rings. The summed E-state index contributed by atoms with van der Waals surface area (Å²) < 4.78 is 35.9. The van der Waals surface area contributed by atoms with E-state index in [4.69, 9.17) is 5.11 Å². The van der Waals surface area contributed by atoms with E-state index >= 15 is 0 Å². The Balaban J connectivity index is 1.90. The second-order valence-corrected chi connectivity index (χ2v) is 11.2. The van der Waals surface area contributed by atoms with Crippen molar-refractivity contribution in [2.45, 2.75) is 57.8 Å². The standard InChI is InChI=1S/C29H36N2O5S/c1-23-16-17-26-25(22-23)29(2,18-9-4-7-15-28(32)33)27(31(26)20-11-21-37(34,35)36)14-8-10-19-30-24-12-5-3-6-13-24/h3,5-6,8,10,12-14,16-17,19,22H,4,7,9,11,15,18,20-21H2,1-2H3,(H2,32,33,34,35,36). The molecular weight excluding hydrogens is 488 g/mol. The van der Waals surface area contributed by atoms with Crippen LogP contribution in [0.5, 0.6) is 0 Å². The summed E-state index contributed by atoms with van der Waals surface area (Å²) in [5.74, 6) is -1.19. The number of carboxylic acids is 1. The average Bonchev–Trinajstić information content (AvgIpc) is 3.05. The molecule has 3 rings (SSSR count). The Labute approximate surface area is 220 Å². The number of nitrogens with zero attached hydrogens (tertiary/aromatic N) is 1. The number of unbranched alkanes of at least 4 members (excludes halogenated alkanes) is 2. The van der Waals surface area contributed by atoms with Gasteiger partial charge in [-0.2, -0.15) is 4.58 Å². The summed E-state index contributed by atoms with van der Waals surface area (Å²) in [7, 11) is -4.30. The van der Waals surface area contributed by atoms with Crippen LogP contribution in [-0.4, -0.2) is 46.6 Å². The number of rotatable bonds is 14. The SMILES string of the molecule is Cc1ccc2c(c1)C(C)(CCCCCC(=O)O)C(/C=C/C=C/Nc1ccccc1)=[N+]2CCCS(=O)(=O)[O-]. The zero-order chi connectivity index (χ0) is 26.9. The van der Waals surface area contributed by atoms with Gasteiger partial charge in [-0.1, -0.05) is 48.7 Å². The molecular formula is C29H36N2O5S. The van der Waals surface area contributed by atoms with Gasteiger partial charge in [0, 0.05) is 48.2 Å². The van der Waals surface area contributed by atoms with E-state index < -0.39 is 21.8 Å². The monoisotopic (exact) mass is 524 g/mol. The minimum Gasteiger partial charge on any atom is -0.748 e. The topological polar surface area (TPSA) is 110 Å². The molecule has 2 N–H and O–H groups in total. The molecule has 1 aliphatic heterocycles. The number of fused-ring (bicyclic) bond motifs is 1. The molecule has 8 heteroatoms. The van der Waals surface area contributed by atoms with E-state index in [1.54, 1.807) is 0 Å². The quantitative estimate of drug-likeness (QED) is 0.146. The molecule has 0 saturated carbocycles. The number of aliphatic carboxylic acids is 1. The van der Waals surface area contributed by atoms with Crippen molar-refractivity contribution >= 4 is 33.2 Å². The smallest absolute Gasteiger partial charge is 0.303 e. The molecule has 7 nitrogen and oxygen atoms in total. The lowest BCUT2D eigenvalue weighted by atomic mass is 9.75. The van der Waals surface area contributed by atoms with Crippen molar-refractivity contribution in [3.05, 3.63) is 84.1 Å². The number of hydrogen-bond acceptors (Lipinski definition) is 5. The second-order valence-electron chi connectivity index (χ2n) is 9.69. The third kappa shape index (κ3) is 8.13. The van der Waals surface area contributed by atoms with Gasteiger partial charge in [0.05, 0.1) is 15.5 Å². The summed E-state index contributed by atoms with van der Waals surface area (Å²) in [6.45, 7) is 4.66. The number of aryl methyl sites for hydroxylation is 1. The summed E-state index contributed by atoms with van der Waals surface area (Å²) in [6.07, 6.45) is 11.3. The predicted molar refractivity (Wildman–Crippen MR) is 147 cm³/mol. The van der Waals surface area contributed by atoms with Crippen LogP contribution >= 0.6 is 0 Å². The van der Waals surface area contributed by atoms with Crippen molar-refractivity contribution in [1.29, 1.82) is 0 Å². The number of allylic oxidation sites excluding steroid dienone is 3. The lowest BCUT2D eigenvalue weighted by molar-refractivity contribution is -0.437. The molecule has 0 bridgehead atoms. The van der Waals surface area contributed by atoms with Crippen LogP contribution in [0.1, 0.15) is 56.6 Å². The highest BCUT2D eigenvalue weighted by molar-refractivity contribution is 7.85. The Morgan fingerprint density at radius 3 is 2.54 bits per heavy atom. The number of carboxylic acid groups (broad SMARTS) is 1. The van der Waals surface area contributed by atoms with Crippen molar-refractivity contribution in [2.24, 2.45) is 0 Å². The number of para-hydroxylation sites is 1. The van der Waals surface area contributed by atoms with Crippen LogP contribution < -0.4 is 5.32 Å². The van der Waals surface area contributed by atoms with Gasteiger partial charge in [0.15, 0.2) is 5.71 Å². The zero-order valence-corrected chi connectivity index (χ0v) is 22.3. The van der Waals surface area contributed by atoms with Gasteiger partial charge < -0.3 is 15.0 Å². The molecule has 1 unspecified atom stereocenters. The number of anilines is 1. The van der Waals surface area contributed by atoms with Gasteiger partial charge >= 0.3 is 5.97 Å². The molecule has 0 aliphatic carbocycles. The highest BCUT2D eigenvalue weighted by Crippen LogP contribution is 2.44. The molecule has 0 aromatic heterocycles. The molecule has 0 saturated heterocycles. The van der Waals surface area contributed by atoms with Crippen molar-refractivity contribution < 1.29 is 27.4 Å². The largest absolute Gasteiger partial charge is 0.748 e. The lowest BCUT2D eigenvalue weighted by Crippen LogP contribution is -2.31. The Morgan fingerprint density at radius 2 is 1.84 bits per heavy atom. The van der Waals surface area contributed by atoms with Crippen molar-refractivity contribution in [2.75, 3.05) is 17.6 Å². The molecule has 0 amide bonds. The fourth-order valence-electron chi connectivity index (χ4n) is 4.88. The van der Waals surface area contributed by atoms with Gasteiger partial charge in [0.25, 0.3) is 0 Å². The lowest BCUT2D eigenvalue weighted by Gasteiger charge is -2.23. The average molecular weight is 525 g/mol. The number of carbonyl (C=O) groups is 1. The first-order valence-corrected chi connectivity index (χ1v) is 14.2. The van der Waals surface area contributed by atoms with E-state index in [2.05, 4.69) is 35.0 Å². The van der Waals surface area contributed by atoms with Crippen molar-refractivity contribution in [1.82, 2.24) is 0 Å². The molecule has 1 heterocycles. The van der Waals surface area contributed by atoms with Crippen LogP contribution in [0.3, 0.4) is 0 Å². The molecule has 2 aromatic rings. The van der Waals surface area contributed by atoms with Gasteiger partial charge in [-0.3, -0.25) is 4.79 Å². The van der Waals surface area contributed by atoms with Crippen LogP contribution in [-0.2, 0) is 20.3 Å². The van der Waals surface area contributed by atoms with Crippen molar-refractivity contribution in [3.63, 3.8) is 0 Å². The maximum Gasteiger partial charge on any atom is 0.303 e. The maximum atomic E-state index is 11.3. The third-order valence-corrected chi connectivity index (χ3v) is 7.51. The van der Waals surface area contributed by atoms with E-state index in [-0.39, 0.29) is 18.3 Å². The molecule has 37 heavy (non-hydrogen) atoms. The van der Waals surface area contributed by atoms with Gasteiger partial charge in [-0.05, 0) is 51.0 Å². The molecule has 2 aromatic carbocycles. The summed E-state index contributed by atoms with van der Waals surface area (Å²) in [6, 6.07) is 16.1. The van der Waals surface area contributed by atoms with Crippen LogP contribution in [0.2, 0.25) is 0 Å². The van der Waals surface area contributed by atoms with Crippen LogP contribution in [0.4, 0.5) is 11.4 Å². The first-order chi connectivity index (χ1) is 17.6. The second kappa shape index (κ2) is 12.8. The molecule has 0 spiro atoms. The van der Waals surface area contributed by atoms with E-state index in [0.29, 0.717) is 13.0 Å². The molecule has 198 valence electrons. The van der Waals surface area contributed by atoms with Gasteiger partial charge in [0.2, 0.25) is 5.69 Å². The fraction of sp³-hybridized carbons (Fsp3) is 0.379. The van der Waals surface area contributed by atoms with Crippen LogP contribution in [0, 0.1) is 6.92 Å².